The molecule has 1 aromatic heterocycles. The Kier molecular flexibility index (Phi) is 4.84. The molecule has 0 aliphatic carbocycles. The highest BCUT2D eigenvalue weighted by Crippen LogP contribution is 2.31. The van der Waals surface area contributed by atoms with Gasteiger partial charge in [-0.2, -0.15) is 4.98 Å². The minimum atomic E-state index is -0.182. The van der Waals surface area contributed by atoms with Crippen molar-refractivity contribution in [1.29, 1.82) is 0 Å². The van der Waals surface area contributed by atoms with Crippen molar-refractivity contribution < 1.29 is 23.5 Å². The van der Waals surface area contributed by atoms with E-state index in [1.807, 2.05) is 24.3 Å². The highest BCUT2D eigenvalue weighted by atomic mass is 16.6. The number of nitrogens with zero attached hydrogens (tertiary/aromatic N) is 3. The van der Waals surface area contributed by atoms with Crippen LogP contribution in [-0.4, -0.2) is 48.3 Å². The maximum absolute atomic E-state index is 12.7. The summed E-state index contributed by atoms with van der Waals surface area (Å²) in [5, 5.41) is 3.99. The minimum absolute atomic E-state index is 0.182. The van der Waals surface area contributed by atoms with Gasteiger partial charge in [-0.05, 0) is 30.3 Å². The van der Waals surface area contributed by atoms with Crippen LogP contribution in [0.1, 0.15) is 16.2 Å². The summed E-state index contributed by atoms with van der Waals surface area (Å²) >= 11 is 0. The molecule has 2 heterocycles. The summed E-state index contributed by atoms with van der Waals surface area (Å²) in [6.07, 6.45) is 0. The molecule has 1 aliphatic heterocycles. The van der Waals surface area contributed by atoms with E-state index in [2.05, 4.69) is 10.1 Å². The maximum atomic E-state index is 12.7. The van der Waals surface area contributed by atoms with Gasteiger partial charge in [0.05, 0.1) is 13.7 Å². The lowest BCUT2D eigenvalue weighted by Crippen LogP contribution is -2.26. The molecule has 0 bridgehead atoms. The molecule has 1 amide bonds. The van der Waals surface area contributed by atoms with Crippen LogP contribution in [0.4, 0.5) is 0 Å². The quantitative estimate of drug-likeness (QED) is 0.672. The van der Waals surface area contributed by atoms with Gasteiger partial charge in [0.25, 0.3) is 5.91 Å². The SMILES string of the molecule is COc1cccc(-c2noc(CN(C)C(=O)c3ccc4c(c3)OCCO4)n2)c1. The predicted octanol–water partition coefficient (Wildman–Crippen LogP) is 2.79. The zero-order valence-corrected chi connectivity index (χ0v) is 15.5. The van der Waals surface area contributed by atoms with Crippen LogP contribution in [0.25, 0.3) is 11.4 Å². The molecular weight excluding hydrogens is 362 g/mol. The molecule has 8 nitrogen and oxygen atoms in total. The highest BCUT2D eigenvalue weighted by Gasteiger charge is 2.19. The summed E-state index contributed by atoms with van der Waals surface area (Å²) in [5.74, 6) is 2.52. The van der Waals surface area contributed by atoms with Crippen LogP contribution in [0, 0.1) is 0 Å². The van der Waals surface area contributed by atoms with Crippen molar-refractivity contribution in [2.75, 3.05) is 27.4 Å². The highest BCUT2D eigenvalue weighted by molar-refractivity contribution is 5.94. The van der Waals surface area contributed by atoms with Crippen molar-refractivity contribution in [1.82, 2.24) is 15.0 Å². The van der Waals surface area contributed by atoms with Crippen LogP contribution >= 0.6 is 0 Å². The average Bonchev–Trinajstić information content (AvgIpc) is 3.21. The Morgan fingerprint density at radius 3 is 2.79 bits per heavy atom. The lowest BCUT2D eigenvalue weighted by molar-refractivity contribution is 0.0768. The molecule has 0 unspecified atom stereocenters. The number of carbonyl (C=O) groups is 1. The largest absolute Gasteiger partial charge is 0.497 e. The van der Waals surface area contributed by atoms with E-state index in [1.54, 1.807) is 32.4 Å². The van der Waals surface area contributed by atoms with E-state index in [9.17, 15) is 4.79 Å². The third kappa shape index (κ3) is 3.62. The van der Waals surface area contributed by atoms with Gasteiger partial charge in [0.15, 0.2) is 11.5 Å². The van der Waals surface area contributed by atoms with Crippen molar-refractivity contribution in [2.45, 2.75) is 6.54 Å². The number of fused-ring (bicyclic) bond motifs is 1. The lowest BCUT2D eigenvalue weighted by Gasteiger charge is -2.20. The van der Waals surface area contributed by atoms with Gasteiger partial charge in [0.1, 0.15) is 19.0 Å². The molecule has 0 fully saturated rings. The summed E-state index contributed by atoms with van der Waals surface area (Å²) in [7, 11) is 3.27. The second-order valence-corrected chi connectivity index (χ2v) is 6.26. The van der Waals surface area contributed by atoms with Gasteiger partial charge in [0, 0.05) is 18.2 Å². The number of hydrogen-bond acceptors (Lipinski definition) is 7. The minimum Gasteiger partial charge on any atom is -0.497 e. The summed E-state index contributed by atoms with van der Waals surface area (Å²) in [6.45, 7) is 1.16. The molecule has 0 N–H and O–H groups in total. The molecule has 1 aliphatic rings. The standard InChI is InChI=1S/C20H19N3O5/c1-23(20(24)14-6-7-16-17(11-14)27-9-8-26-16)12-18-21-19(22-28-18)13-4-3-5-15(10-13)25-2/h3-7,10-11H,8-9,12H2,1-2H3. The first kappa shape index (κ1) is 17.8. The van der Waals surface area contributed by atoms with Crippen LogP contribution in [-0.2, 0) is 6.54 Å². The van der Waals surface area contributed by atoms with Gasteiger partial charge >= 0.3 is 0 Å². The molecule has 0 saturated carbocycles. The molecule has 0 spiro atoms. The number of carbonyl (C=O) groups excluding carboxylic acids is 1. The Morgan fingerprint density at radius 2 is 1.96 bits per heavy atom. The molecule has 0 saturated heterocycles. The molecule has 28 heavy (non-hydrogen) atoms. The zero-order chi connectivity index (χ0) is 19.5. The van der Waals surface area contributed by atoms with E-state index in [4.69, 9.17) is 18.7 Å². The first-order valence-electron chi connectivity index (χ1n) is 8.76. The number of aromatic nitrogens is 2. The Bertz CT molecular complexity index is 1000. The van der Waals surface area contributed by atoms with E-state index < -0.39 is 0 Å². The Labute approximate surface area is 161 Å². The van der Waals surface area contributed by atoms with Crippen LogP contribution in [0.15, 0.2) is 47.0 Å². The van der Waals surface area contributed by atoms with E-state index in [0.717, 1.165) is 5.56 Å². The van der Waals surface area contributed by atoms with Crippen LogP contribution in [0.5, 0.6) is 17.2 Å². The van der Waals surface area contributed by atoms with Crippen LogP contribution in [0.3, 0.4) is 0 Å². The fraction of sp³-hybridized carbons (Fsp3) is 0.250. The van der Waals surface area contributed by atoms with Crippen LogP contribution in [0.2, 0.25) is 0 Å². The smallest absolute Gasteiger partial charge is 0.254 e. The summed E-state index contributed by atoms with van der Waals surface area (Å²) in [4.78, 5) is 18.6. The molecule has 2 aromatic carbocycles. The fourth-order valence-electron chi connectivity index (χ4n) is 2.87. The first-order chi connectivity index (χ1) is 13.6. The van der Waals surface area contributed by atoms with Crippen molar-refractivity contribution >= 4 is 5.91 Å². The van der Waals surface area contributed by atoms with Crippen molar-refractivity contribution in [3.8, 4) is 28.6 Å². The molecule has 0 atom stereocenters. The van der Waals surface area contributed by atoms with E-state index in [1.165, 1.54) is 4.90 Å². The van der Waals surface area contributed by atoms with Gasteiger partial charge in [-0.1, -0.05) is 17.3 Å². The lowest BCUT2D eigenvalue weighted by atomic mass is 10.1. The Balaban J connectivity index is 1.47. The number of benzene rings is 2. The molecule has 0 radical (unpaired) electrons. The van der Waals surface area contributed by atoms with Gasteiger partial charge in [-0.3, -0.25) is 4.79 Å². The van der Waals surface area contributed by atoms with Crippen LogP contribution < -0.4 is 14.2 Å². The third-order valence-electron chi connectivity index (χ3n) is 4.30. The second kappa shape index (κ2) is 7.59. The molecule has 4 rings (SSSR count). The predicted molar refractivity (Wildman–Crippen MR) is 99.5 cm³/mol. The average molecular weight is 381 g/mol. The summed E-state index contributed by atoms with van der Waals surface area (Å²) in [5.41, 5.74) is 1.27. The number of amides is 1. The third-order valence-corrected chi connectivity index (χ3v) is 4.30. The number of methoxy groups -OCH3 is 1. The van der Waals surface area contributed by atoms with Gasteiger partial charge in [0.2, 0.25) is 11.7 Å². The Hall–Kier alpha value is -3.55. The number of hydrogen-bond donors (Lipinski definition) is 0. The Morgan fingerprint density at radius 1 is 1.14 bits per heavy atom. The van der Waals surface area contributed by atoms with Crippen molar-refractivity contribution in [2.24, 2.45) is 0 Å². The van der Waals surface area contributed by atoms with Crippen molar-refractivity contribution in [3.05, 3.63) is 53.9 Å². The van der Waals surface area contributed by atoms with Crippen molar-refractivity contribution in [3.63, 3.8) is 0 Å². The summed E-state index contributed by atoms with van der Waals surface area (Å²) < 4.78 is 21.5. The van der Waals surface area contributed by atoms with E-state index in [0.29, 0.717) is 47.7 Å². The van der Waals surface area contributed by atoms with Gasteiger partial charge < -0.3 is 23.6 Å². The number of ether oxygens (including phenoxy) is 3. The zero-order valence-electron chi connectivity index (χ0n) is 15.5. The molecule has 3 aromatic rings. The fourth-order valence-corrected chi connectivity index (χ4v) is 2.87. The van der Waals surface area contributed by atoms with E-state index in [-0.39, 0.29) is 12.5 Å². The monoisotopic (exact) mass is 381 g/mol. The maximum Gasteiger partial charge on any atom is 0.254 e. The number of rotatable bonds is 5. The van der Waals surface area contributed by atoms with E-state index >= 15 is 0 Å². The first-order valence-corrected chi connectivity index (χ1v) is 8.76. The molecule has 8 heteroatoms. The topological polar surface area (TPSA) is 86.9 Å². The molecular formula is C20H19N3O5. The van der Waals surface area contributed by atoms with Gasteiger partial charge in [-0.15, -0.1) is 0 Å². The van der Waals surface area contributed by atoms with Gasteiger partial charge in [-0.25, -0.2) is 0 Å². The molecule has 144 valence electrons. The normalized spacial score (nSPS) is 12.5. The summed E-state index contributed by atoms with van der Waals surface area (Å²) in [6, 6.07) is 12.5. The second-order valence-electron chi connectivity index (χ2n) is 6.26.